The van der Waals surface area contributed by atoms with Crippen LogP contribution in [0.3, 0.4) is 0 Å². The molecule has 1 atom stereocenters. The molecule has 1 aliphatic rings. The summed E-state index contributed by atoms with van der Waals surface area (Å²) in [6, 6.07) is 11.7. The molecular weight excluding hydrogens is 268 g/mol. The Morgan fingerprint density at radius 2 is 2.24 bits per heavy atom. The van der Waals surface area contributed by atoms with Crippen LogP contribution in [0.4, 0.5) is 0 Å². The van der Waals surface area contributed by atoms with Crippen LogP contribution in [0.2, 0.25) is 0 Å². The van der Waals surface area contributed by atoms with E-state index < -0.39 is 0 Å². The quantitative estimate of drug-likeness (QED) is 0.808. The first kappa shape index (κ1) is 13.8. The van der Waals surface area contributed by atoms with Crippen LogP contribution in [0.1, 0.15) is 18.6 Å². The lowest BCUT2D eigenvalue weighted by molar-refractivity contribution is -0.146. The van der Waals surface area contributed by atoms with Gasteiger partial charge in [-0.05, 0) is 19.4 Å². The minimum absolute atomic E-state index is 0.166. The van der Waals surface area contributed by atoms with Gasteiger partial charge in [0, 0.05) is 11.6 Å². The molecule has 110 valence electrons. The first-order valence-electron chi connectivity index (χ1n) is 7.11. The van der Waals surface area contributed by atoms with Crippen LogP contribution in [-0.4, -0.2) is 35.7 Å². The van der Waals surface area contributed by atoms with Crippen LogP contribution in [0, 0.1) is 0 Å². The van der Waals surface area contributed by atoms with Crippen molar-refractivity contribution < 1.29 is 14.1 Å². The van der Waals surface area contributed by atoms with Crippen LogP contribution < -0.4 is 0 Å². The number of esters is 1. The fourth-order valence-electron chi connectivity index (χ4n) is 2.75. The van der Waals surface area contributed by atoms with E-state index in [1.165, 1.54) is 7.11 Å². The van der Waals surface area contributed by atoms with Crippen molar-refractivity contribution in [3.8, 4) is 11.3 Å². The second-order valence-corrected chi connectivity index (χ2v) is 5.20. The fourth-order valence-corrected chi connectivity index (χ4v) is 2.75. The van der Waals surface area contributed by atoms with Gasteiger partial charge in [0.2, 0.25) is 0 Å². The number of aromatic nitrogens is 1. The summed E-state index contributed by atoms with van der Waals surface area (Å²) in [4.78, 5) is 13.8. The van der Waals surface area contributed by atoms with Gasteiger partial charge in [0.25, 0.3) is 0 Å². The fraction of sp³-hybridized carbons (Fsp3) is 0.375. The predicted octanol–water partition coefficient (Wildman–Crippen LogP) is 2.48. The van der Waals surface area contributed by atoms with Crippen molar-refractivity contribution >= 4 is 5.97 Å². The van der Waals surface area contributed by atoms with Crippen molar-refractivity contribution in [2.24, 2.45) is 0 Å². The van der Waals surface area contributed by atoms with E-state index in [0.29, 0.717) is 6.54 Å². The third-order valence-corrected chi connectivity index (χ3v) is 3.82. The van der Waals surface area contributed by atoms with Crippen LogP contribution >= 0.6 is 0 Å². The Labute approximate surface area is 123 Å². The molecule has 0 radical (unpaired) electrons. The molecule has 0 N–H and O–H groups in total. The van der Waals surface area contributed by atoms with E-state index in [4.69, 9.17) is 9.26 Å². The number of carbonyl (C=O) groups is 1. The van der Waals surface area contributed by atoms with Crippen molar-refractivity contribution in [3.63, 3.8) is 0 Å². The lowest BCUT2D eigenvalue weighted by atomic mass is 10.1. The summed E-state index contributed by atoms with van der Waals surface area (Å²) < 4.78 is 10.2. The number of likely N-dealkylation sites (tertiary alicyclic amines) is 1. The molecule has 1 fully saturated rings. The van der Waals surface area contributed by atoms with E-state index in [-0.39, 0.29) is 12.0 Å². The molecule has 0 aliphatic carbocycles. The highest BCUT2D eigenvalue weighted by molar-refractivity contribution is 5.76. The molecule has 5 nitrogen and oxygen atoms in total. The van der Waals surface area contributed by atoms with E-state index in [1.54, 1.807) is 0 Å². The number of hydrogen-bond donors (Lipinski definition) is 0. The molecule has 3 rings (SSSR count). The largest absolute Gasteiger partial charge is 0.468 e. The van der Waals surface area contributed by atoms with Gasteiger partial charge in [0.15, 0.2) is 5.76 Å². The second kappa shape index (κ2) is 6.10. The summed E-state index contributed by atoms with van der Waals surface area (Å²) in [5.41, 5.74) is 1.85. The summed E-state index contributed by atoms with van der Waals surface area (Å²) in [5.74, 6) is 0.597. The minimum Gasteiger partial charge on any atom is -0.468 e. The summed E-state index contributed by atoms with van der Waals surface area (Å²) >= 11 is 0. The molecule has 21 heavy (non-hydrogen) atoms. The molecule has 1 aliphatic heterocycles. The molecule has 1 unspecified atom stereocenters. The van der Waals surface area contributed by atoms with Crippen LogP contribution in [0.5, 0.6) is 0 Å². The Morgan fingerprint density at radius 3 is 3.00 bits per heavy atom. The van der Waals surface area contributed by atoms with Crippen molar-refractivity contribution in [1.29, 1.82) is 0 Å². The van der Waals surface area contributed by atoms with Gasteiger partial charge in [0.1, 0.15) is 11.7 Å². The molecule has 1 saturated heterocycles. The standard InChI is InChI=1S/C16H18N2O3/c1-20-16(19)15-8-5-9-18(15)11-13-10-14(17-21-13)12-6-3-2-4-7-12/h2-4,6-7,10,15H,5,8-9,11H2,1H3. The summed E-state index contributed by atoms with van der Waals surface area (Å²) in [6.45, 7) is 1.46. The number of ether oxygens (including phenoxy) is 1. The Morgan fingerprint density at radius 1 is 1.43 bits per heavy atom. The van der Waals surface area contributed by atoms with Gasteiger partial charge in [-0.25, -0.2) is 0 Å². The maximum absolute atomic E-state index is 11.7. The topological polar surface area (TPSA) is 55.6 Å². The van der Waals surface area contributed by atoms with Crippen LogP contribution in [0.25, 0.3) is 11.3 Å². The minimum atomic E-state index is -0.171. The van der Waals surface area contributed by atoms with E-state index in [0.717, 1.165) is 36.4 Å². The van der Waals surface area contributed by atoms with Gasteiger partial charge >= 0.3 is 5.97 Å². The van der Waals surface area contributed by atoms with Crippen molar-refractivity contribution in [1.82, 2.24) is 10.1 Å². The average Bonchev–Trinajstić information content (AvgIpc) is 3.17. The molecule has 1 aromatic carbocycles. The number of rotatable bonds is 4. The van der Waals surface area contributed by atoms with E-state index in [1.807, 2.05) is 36.4 Å². The molecule has 0 spiro atoms. The Hall–Kier alpha value is -2.14. The first-order valence-corrected chi connectivity index (χ1v) is 7.11. The van der Waals surface area contributed by atoms with Gasteiger partial charge in [-0.2, -0.15) is 0 Å². The lowest BCUT2D eigenvalue weighted by Gasteiger charge is -2.20. The summed E-state index contributed by atoms with van der Waals surface area (Å²) in [5, 5.41) is 4.10. The zero-order valence-electron chi connectivity index (χ0n) is 12.0. The normalized spacial score (nSPS) is 18.8. The monoisotopic (exact) mass is 286 g/mol. The molecule has 0 bridgehead atoms. The molecule has 1 aromatic heterocycles. The Kier molecular flexibility index (Phi) is 4.01. The van der Waals surface area contributed by atoms with Crippen molar-refractivity contribution in [2.75, 3.05) is 13.7 Å². The maximum atomic E-state index is 11.7. The first-order chi connectivity index (χ1) is 10.3. The molecular formula is C16H18N2O3. The number of hydrogen-bond acceptors (Lipinski definition) is 5. The third-order valence-electron chi connectivity index (χ3n) is 3.82. The van der Waals surface area contributed by atoms with Gasteiger partial charge in [-0.1, -0.05) is 35.5 Å². The number of nitrogens with zero attached hydrogens (tertiary/aromatic N) is 2. The third kappa shape index (κ3) is 2.97. The molecule has 2 aromatic rings. The van der Waals surface area contributed by atoms with Crippen molar-refractivity contribution in [3.05, 3.63) is 42.2 Å². The van der Waals surface area contributed by atoms with E-state index >= 15 is 0 Å². The second-order valence-electron chi connectivity index (χ2n) is 5.20. The molecule has 5 heteroatoms. The zero-order valence-corrected chi connectivity index (χ0v) is 12.0. The van der Waals surface area contributed by atoms with Gasteiger partial charge in [-0.3, -0.25) is 9.69 Å². The summed E-state index contributed by atoms with van der Waals surface area (Å²) in [6.07, 6.45) is 1.84. The smallest absolute Gasteiger partial charge is 0.323 e. The average molecular weight is 286 g/mol. The highest BCUT2D eigenvalue weighted by Gasteiger charge is 2.32. The Bertz CT molecular complexity index is 609. The predicted molar refractivity (Wildman–Crippen MR) is 77.4 cm³/mol. The molecule has 2 heterocycles. The summed E-state index contributed by atoms with van der Waals surface area (Å²) in [7, 11) is 1.43. The maximum Gasteiger partial charge on any atom is 0.323 e. The van der Waals surface area contributed by atoms with Gasteiger partial charge in [-0.15, -0.1) is 0 Å². The molecule has 0 saturated carbocycles. The van der Waals surface area contributed by atoms with Crippen molar-refractivity contribution in [2.45, 2.75) is 25.4 Å². The Balaban J connectivity index is 1.71. The van der Waals surface area contributed by atoms with Crippen LogP contribution in [-0.2, 0) is 16.1 Å². The number of methoxy groups -OCH3 is 1. The number of benzene rings is 1. The van der Waals surface area contributed by atoms with Gasteiger partial charge < -0.3 is 9.26 Å². The van der Waals surface area contributed by atoms with Crippen LogP contribution in [0.15, 0.2) is 40.9 Å². The zero-order chi connectivity index (χ0) is 14.7. The number of carbonyl (C=O) groups excluding carboxylic acids is 1. The highest BCUT2D eigenvalue weighted by Crippen LogP contribution is 2.24. The van der Waals surface area contributed by atoms with Gasteiger partial charge in [0.05, 0.1) is 13.7 Å². The lowest BCUT2D eigenvalue weighted by Crippen LogP contribution is -2.36. The SMILES string of the molecule is COC(=O)C1CCCN1Cc1cc(-c2ccccc2)no1. The van der Waals surface area contributed by atoms with E-state index in [2.05, 4.69) is 10.1 Å². The highest BCUT2D eigenvalue weighted by atomic mass is 16.5. The molecule has 0 amide bonds. The van der Waals surface area contributed by atoms with E-state index in [9.17, 15) is 4.79 Å².